The van der Waals surface area contributed by atoms with Gasteiger partial charge in [0.1, 0.15) is 17.2 Å². The van der Waals surface area contributed by atoms with Crippen LogP contribution in [0.2, 0.25) is 0 Å². The van der Waals surface area contributed by atoms with E-state index in [9.17, 15) is 9.18 Å². The van der Waals surface area contributed by atoms with Crippen LogP contribution < -0.4 is 16.0 Å². The first-order chi connectivity index (χ1) is 14.7. The number of benzene rings is 1. The fraction of sp³-hybridized carbons (Fsp3) is 0.500. The summed E-state index contributed by atoms with van der Waals surface area (Å²) in [5, 5.41) is 9.09. The number of aromatic nitrogens is 2. The highest BCUT2D eigenvalue weighted by Crippen LogP contribution is 2.17. The number of halogens is 2. The maximum Gasteiger partial charge on any atom is 0.407 e. The molecule has 0 aliphatic carbocycles. The van der Waals surface area contributed by atoms with Gasteiger partial charge in [0.05, 0.1) is 12.2 Å². The van der Waals surface area contributed by atoms with E-state index in [1.807, 2.05) is 40.7 Å². The van der Waals surface area contributed by atoms with Gasteiger partial charge in [-0.25, -0.2) is 19.2 Å². The Kier molecular flexibility index (Phi) is 11.4. The monoisotopic (exact) mass is 560 g/mol. The molecule has 8 nitrogen and oxygen atoms in total. The van der Waals surface area contributed by atoms with Gasteiger partial charge in [0.15, 0.2) is 5.96 Å². The Morgan fingerprint density at radius 3 is 2.53 bits per heavy atom. The van der Waals surface area contributed by atoms with Crippen LogP contribution in [0.1, 0.15) is 45.5 Å². The van der Waals surface area contributed by atoms with Gasteiger partial charge in [-0.05, 0) is 58.7 Å². The van der Waals surface area contributed by atoms with Crippen LogP contribution in [0.3, 0.4) is 0 Å². The molecule has 1 heterocycles. The van der Waals surface area contributed by atoms with E-state index in [-0.39, 0.29) is 29.8 Å². The van der Waals surface area contributed by atoms with Crippen LogP contribution in [0.5, 0.6) is 0 Å². The minimum absolute atomic E-state index is 0. The number of imidazole rings is 1. The fourth-order valence-corrected chi connectivity index (χ4v) is 2.79. The Morgan fingerprint density at radius 1 is 1.22 bits per heavy atom. The van der Waals surface area contributed by atoms with Crippen molar-refractivity contribution in [2.24, 2.45) is 4.99 Å². The van der Waals surface area contributed by atoms with Gasteiger partial charge in [-0.3, -0.25) is 0 Å². The third-order valence-corrected chi connectivity index (χ3v) is 4.18. The number of hydrogen-bond acceptors (Lipinski definition) is 4. The predicted octanol–water partition coefficient (Wildman–Crippen LogP) is 3.91. The third kappa shape index (κ3) is 9.41. The summed E-state index contributed by atoms with van der Waals surface area (Å²) < 4.78 is 21.5. The van der Waals surface area contributed by atoms with Crippen LogP contribution in [0.25, 0.3) is 5.69 Å². The lowest BCUT2D eigenvalue weighted by atomic mass is 10.2. The molecule has 1 aromatic heterocycles. The molecule has 178 valence electrons. The van der Waals surface area contributed by atoms with Crippen molar-refractivity contribution in [3.63, 3.8) is 0 Å². The average molecular weight is 560 g/mol. The van der Waals surface area contributed by atoms with Crippen LogP contribution in [0, 0.1) is 12.7 Å². The van der Waals surface area contributed by atoms with E-state index < -0.39 is 11.7 Å². The maximum atomic E-state index is 14.5. The first kappa shape index (κ1) is 27.7. The number of alkyl carbamates (subject to hydrolysis) is 1. The lowest BCUT2D eigenvalue weighted by molar-refractivity contribution is 0.0527. The smallest absolute Gasteiger partial charge is 0.407 e. The van der Waals surface area contributed by atoms with Crippen molar-refractivity contribution in [2.45, 2.75) is 53.2 Å². The topological polar surface area (TPSA) is 92.6 Å². The van der Waals surface area contributed by atoms with Gasteiger partial charge in [-0.1, -0.05) is 6.07 Å². The van der Waals surface area contributed by atoms with Crippen LogP contribution in [0.4, 0.5) is 9.18 Å². The molecule has 0 fully saturated rings. The highest BCUT2D eigenvalue weighted by molar-refractivity contribution is 14.0. The van der Waals surface area contributed by atoms with Crippen molar-refractivity contribution in [1.82, 2.24) is 25.5 Å². The van der Waals surface area contributed by atoms with E-state index in [4.69, 9.17) is 4.74 Å². The summed E-state index contributed by atoms with van der Waals surface area (Å²) in [5.41, 5.74) is 0.718. The summed E-state index contributed by atoms with van der Waals surface area (Å²) in [4.78, 5) is 20.3. The molecule has 0 radical (unpaired) electrons. The minimum atomic E-state index is -0.511. The van der Waals surface area contributed by atoms with Crippen molar-refractivity contribution in [2.75, 3.05) is 19.6 Å². The van der Waals surface area contributed by atoms with Crippen LogP contribution in [-0.2, 0) is 11.3 Å². The van der Waals surface area contributed by atoms with Crippen LogP contribution in [0.15, 0.2) is 35.6 Å². The normalized spacial score (nSPS) is 11.5. The highest BCUT2D eigenvalue weighted by Gasteiger charge is 2.15. The number of aliphatic imine (C=N–C) groups is 1. The van der Waals surface area contributed by atoms with Crippen molar-refractivity contribution in [1.29, 1.82) is 0 Å². The molecular weight excluding hydrogens is 526 g/mol. The number of rotatable bonds is 8. The molecule has 0 atom stereocenters. The number of ether oxygens (including phenoxy) is 1. The zero-order valence-corrected chi connectivity index (χ0v) is 21.7. The van der Waals surface area contributed by atoms with Gasteiger partial charge in [-0.15, -0.1) is 24.0 Å². The molecule has 0 bridgehead atoms. The van der Waals surface area contributed by atoms with E-state index in [1.54, 1.807) is 23.0 Å². The van der Waals surface area contributed by atoms with Gasteiger partial charge < -0.3 is 25.3 Å². The van der Waals surface area contributed by atoms with E-state index in [1.165, 1.54) is 6.07 Å². The lowest BCUT2D eigenvalue weighted by Crippen LogP contribution is -2.39. The summed E-state index contributed by atoms with van der Waals surface area (Å²) in [6.07, 6.45) is 3.65. The molecule has 0 unspecified atom stereocenters. The molecule has 32 heavy (non-hydrogen) atoms. The maximum absolute atomic E-state index is 14.5. The number of guanidine groups is 1. The second-order valence-corrected chi connectivity index (χ2v) is 8.03. The molecule has 0 saturated heterocycles. The van der Waals surface area contributed by atoms with Gasteiger partial charge in [0.25, 0.3) is 0 Å². The quantitative estimate of drug-likeness (QED) is 0.197. The lowest BCUT2D eigenvalue weighted by Gasteiger charge is -2.19. The predicted molar refractivity (Wildman–Crippen MR) is 135 cm³/mol. The Hall–Kier alpha value is -2.37. The fourth-order valence-electron chi connectivity index (χ4n) is 2.79. The van der Waals surface area contributed by atoms with E-state index in [0.717, 1.165) is 11.4 Å². The molecule has 1 aromatic carbocycles. The Morgan fingerprint density at radius 2 is 1.94 bits per heavy atom. The molecule has 2 aromatic rings. The SMILES string of the molecule is CCNC(=NCc1ccc(-n2ccnc2C)c(F)c1)NCCCNC(=O)OC(C)(C)C.I. The Bertz CT molecular complexity index is 895. The van der Waals surface area contributed by atoms with E-state index in [0.29, 0.717) is 44.2 Å². The summed E-state index contributed by atoms with van der Waals surface area (Å²) >= 11 is 0. The first-order valence-corrected chi connectivity index (χ1v) is 10.5. The highest BCUT2D eigenvalue weighted by atomic mass is 127. The van der Waals surface area contributed by atoms with Crippen LogP contribution in [-0.4, -0.2) is 46.8 Å². The first-order valence-electron chi connectivity index (χ1n) is 10.5. The summed E-state index contributed by atoms with van der Waals surface area (Å²) in [6.45, 7) is 11.4. The van der Waals surface area contributed by atoms with Crippen molar-refractivity contribution in [3.05, 3.63) is 47.8 Å². The summed E-state index contributed by atoms with van der Waals surface area (Å²) in [6, 6.07) is 5.08. The number of amides is 1. The molecule has 3 N–H and O–H groups in total. The number of carbonyl (C=O) groups is 1. The standard InChI is InChI=1S/C22H33FN6O2.HI/c1-6-24-20(26-10-7-11-27-21(30)31-22(3,4)5)28-15-17-8-9-19(18(23)14-17)29-13-12-25-16(29)2;/h8-9,12-14H,6-7,10-11,15H2,1-5H3,(H,27,30)(H2,24,26,28);1H. The van der Waals surface area contributed by atoms with Gasteiger partial charge in [0, 0.05) is 32.0 Å². The molecule has 0 aliphatic rings. The largest absolute Gasteiger partial charge is 0.444 e. The number of nitrogens with zero attached hydrogens (tertiary/aromatic N) is 3. The molecule has 0 aliphatic heterocycles. The average Bonchev–Trinajstić information content (AvgIpc) is 3.10. The number of hydrogen-bond donors (Lipinski definition) is 3. The number of aryl methyl sites for hydroxylation is 1. The molecule has 2 rings (SSSR count). The number of nitrogens with one attached hydrogen (secondary N) is 3. The second kappa shape index (κ2) is 13.2. The summed E-state index contributed by atoms with van der Waals surface area (Å²) in [5.74, 6) is 1.04. The number of carbonyl (C=O) groups excluding carboxylic acids is 1. The Balaban J connectivity index is 0.00000512. The zero-order valence-electron chi connectivity index (χ0n) is 19.4. The zero-order chi connectivity index (χ0) is 22.9. The Labute approximate surface area is 206 Å². The molecule has 10 heteroatoms. The van der Waals surface area contributed by atoms with Gasteiger partial charge >= 0.3 is 6.09 Å². The van der Waals surface area contributed by atoms with E-state index >= 15 is 0 Å². The van der Waals surface area contributed by atoms with Crippen molar-refractivity contribution < 1.29 is 13.9 Å². The van der Waals surface area contributed by atoms with Crippen LogP contribution >= 0.6 is 24.0 Å². The van der Waals surface area contributed by atoms with Gasteiger partial charge in [-0.2, -0.15) is 0 Å². The van der Waals surface area contributed by atoms with E-state index in [2.05, 4.69) is 25.9 Å². The third-order valence-electron chi connectivity index (χ3n) is 4.18. The molecule has 1 amide bonds. The van der Waals surface area contributed by atoms with Crippen molar-refractivity contribution in [3.8, 4) is 5.69 Å². The van der Waals surface area contributed by atoms with Crippen molar-refractivity contribution >= 4 is 36.0 Å². The molecule has 0 spiro atoms. The molecule has 0 saturated carbocycles. The molecular formula is C22H34FIN6O2. The van der Waals surface area contributed by atoms with Gasteiger partial charge in [0.2, 0.25) is 0 Å². The second-order valence-electron chi connectivity index (χ2n) is 8.03. The summed E-state index contributed by atoms with van der Waals surface area (Å²) in [7, 11) is 0. The minimum Gasteiger partial charge on any atom is -0.444 e.